The van der Waals surface area contributed by atoms with Crippen LogP contribution in [-0.4, -0.2) is 18.4 Å². The highest BCUT2D eigenvalue weighted by atomic mass is 35.5. The molecule has 6 nitrogen and oxygen atoms in total. The molecule has 0 saturated heterocycles. The molecule has 0 atom stereocenters. The van der Waals surface area contributed by atoms with E-state index in [-0.39, 0.29) is 47.5 Å². The maximum atomic E-state index is 12.9. The lowest BCUT2D eigenvalue weighted by Gasteiger charge is -2.11. The van der Waals surface area contributed by atoms with Crippen LogP contribution in [-0.2, 0) is 24.1 Å². The first-order valence-corrected chi connectivity index (χ1v) is 10.4. The fourth-order valence-corrected chi connectivity index (χ4v) is 3.17. The Morgan fingerprint density at radius 2 is 1.75 bits per heavy atom. The van der Waals surface area contributed by atoms with E-state index in [0.29, 0.717) is 5.56 Å². The van der Waals surface area contributed by atoms with Gasteiger partial charge in [0.2, 0.25) is 6.54 Å². The Bertz CT molecular complexity index is 1210. The summed E-state index contributed by atoms with van der Waals surface area (Å²) in [5.74, 6) is -1.14. The van der Waals surface area contributed by atoms with Gasteiger partial charge in [-0.25, -0.2) is 0 Å². The zero-order valence-corrected chi connectivity index (χ0v) is 19.7. The maximum Gasteiger partial charge on any atom is 0.416 e. The van der Waals surface area contributed by atoms with E-state index in [2.05, 4.69) is 15.4 Å². The van der Waals surface area contributed by atoms with E-state index in [1.165, 1.54) is 28.8 Å². The Morgan fingerprint density at radius 3 is 2.39 bits per heavy atom. The van der Waals surface area contributed by atoms with Crippen molar-refractivity contribution in [3.8, 4) is 5.75 Å². The molecule has 0 spiro atoms. The second-order valence-corrected chi connectivity index (χ2v) is 7.62. The molecule has 0 aliphatic rings. The van der Waals surface area contributed by atoms with E-state index in [0.717, 1.165) is 18.2 Å². The monoisotopic (exact) mass is 549 g/mol. The highest BCUT2D eigenvalue weighted by Crippen LogP contribution is 2.33. The minimum atomic E-state index is -4.58. The third kappa shape index (κ3) is 8.35. The van der Waals surface area contributed by atoms with Crippen LogP contribution in [0.3, 0.4) is 0 Å². The second-order valence-electron chi connectivity index (χ2n) is 7.21. The maximum absolute atomic E-state index is 12.9. The number of hydrogen-bond acceptors (Lipinski definition) is 3. The van der Waals surface area contributed by atoms with Crippen molar-refractivity contribution in [2.75, 3.05) is 5.32 Å². The highest BCUT2D eigenvalue weighted by molar-refractivity contribution is 6.33. The molecule has 3 aromatic rings. The molecule has 3 rings (SSSR count). The van der Waals surface area contributed by atoms with Gasteiger partial charge in [-0.2, -0.15) is 26.5 Å². The quantitative estimate of drug-likeness (QED) is 0.332. The molecule has 36 heavy (non-hydrogen) atoms. The van der Waals surface area contributed by atoms with Crippen LogP contribution in [0.5, 0.6) is 5.75 Å². The summed E-state index contributed by atoms with van der Waals surface area (Å²) >= 11 is 5.90. The van der Waals surface area contributed by atoms with Gasteiger partial charge in [0.25, 0.3) is 11.8 Å². The first-order valence-electron chi connectivity index (χ1n) is 9.99. The summed E-state index contributed by atoms with van der Waals surface area (Å²) in [4.78, 5) is 24.6. The van der Waals surface area contributed by atoms with E-state index < -0.39 is 30.2 Å². The predicted octanol–water partition coefficient (Wildman–Crippen LogP) is 1.82. The largest absolute Gasteiger partial charge is 1.00 e. The molecule has 2 N–H and O–H groups in total. The van der Waals surface area contributed by atoms with E-state index in [9.17, 15) is 31.5 Å². The summed E-state index contributed by atoms with van der Waals surface area (Å²) in [6.45, 7) is -3.10. The lowest BCUT2D eigenvalue weighted by molar-refractivity contribution is -0.684. The van der Waals surface area contributed by atoms with Crippen molar-refractivity contribution in [1.29, 1.82) is 0 Å². The fourth-order valence-electron chi connectivity index (χ4n) is 3.00. The molecule has 0 aliphatic carbocycles. The van der Waals surface area contributed by atoms with Crippen molar-refractivity contribution in [3.63, 3.8) is 0 Å². The van der Waals surface area contributed by atoms with Crippen LogP contribution in [0.1, 0.15) is 21.5 Å². The Kier molecular flexibility index (Phi) is 10.00. The van der Waals surface area contributed by atoms with Crippen LogP contribution in [0, 0.1) is 0 Å². The van der Waals surface area contributed by atoms with E-state index in [1.54, 1.807) is 24.5 Å². The molecule has 13 heteroatoms. The zero-order chi connectivity index (χ0) is 25.6. The number of halogens is 7. The number of nitrogens with zero attached hydrogens (tertiary/aromatic N) is 1. The van der Waals surface area contributed by atoms with Gasteiger partial charge in [-0.1, -0.05) is 11.6 Å². The van der Waals surface area contributed by atoms with Crippen LogP contribution in [0.2, 0.25) is 5.02 Å². The van der Waals surface area contributed by atoms with Crippen LogP contribution in [0.15, 0.2) is 67.0 Å². The van der Waals surface area contributed by atoms with Crippen LogP contribution >= 0.6 is 11.6 Å². The first-order chi connectivity index (χ1) is 16.5. The van der Waals surface area contributed by atoms with Gasteiger partial charge in [0.15, 0.2) is 12.4 Å². The molecule has 0 radical (unpaired) electrons. The third-order valence-corrected chi connectivity index (χ3v) is 4.94. The number of benzene rings is 2. The van der Waals surface area contributed by atoms with Crippen molar-refractivity contribution in [1.82, 2.24) is 5.32 Å². The smallest absolute Gasteiger partial charge is 0.416 e. The molecular weight excluding hydrogens is 532 g/mol. The summed E-state index contributed by atoms with van der Waals surface area (Å²) in [7, 11) is 0. The summed E-state index contributed by atoms with van der Waals surface area (Å²) < 4.78 is 68.9. The van der Waals surface area contributed by atoms with Gasteiger partial charge < -0.3 is 27.8 Å². The number of pyridine rings is 1. The Hall–Kier alpha value is -3.44. The first kappa shape index (κ1) is 28.8. The summed E-state index contributed by atoms with van der Waals surface area (Å²) in [6, 6.07) is 11.1. The number of amides is 2. The Morgan fingerprint density at radius 1 is 1.06 bits per heavy atom. The summed E-state index contributed by atoms with van der Waals surface area (Å²) in [6.07, 6.45) is -1.44. The normalized spacial score (nSPS) is 11.0. The summed E-state index contributed by atoms with van der Waals surface area (Å²) in [5, 5.41) is 4.98. The molecule has 0 saturated carbocycles. The van der Waals surface area contributed by atoms with Crippen molar-refractivity contribution >= 4 is 29.1 Å². The lowest BCUT2D eigenvalue weighted by atomic mass is 10.2. The van der Waals surface area contributed by atoms with Gasteiger partial charge in [0.05, 0.1) is 16.3 Å². The standard InChI is InChI=1S/C23H17ClF5N3O3.ClH/c24-18-8-5-16(23(27,28)29)10-19(18)31-20(33)13-32-9-1-2-14(12-32)11-30-21(34)15-3-6-17(7-4-15)35-22(25)26;/h1-10,12,22H,11,13H2,(H-,30,31,33,34);1H. The van der Waals surface area contributed by atoms with Gasteiger partial charge >= 0.3 is 12.8 Å². The number of aromatic nitrogens is 1. The minimum Gasteiger partial charge on any atom is -1.00 e. The van der Waals surface area contributed by atoms with Gasteiger partial charge in [-0.15, -0.1) is 0 Å². The molecule has 0 fully saturated rings. The van der Waals surface area contributed by atoms with Gasteiger partial charge in [0.1, 0.15) is 5.75 Å². The molecule has 1 aromatic heterocycles. The van der Waals surface area contributed by atoms with Crippen LogP contribution in [0.25, 0.3) is 0 Å². The molecule has 2 amide bonds. The van der Waals surface area contributed by atoms with Gasteiger partial charge in [-0.3, -0.25) is 9.59 Å². The number of anilines is 1. The molecule has 192 valence electrons. The van der Waals surface area contributed by atoms with Crippen LogP contribution in [0.4, 0.5) is 27.6 Å². The zero-order valence-electron chi connectivity index (χ0n) is 18.2. The molecule has 1 heterocycles. The highest BCUT2D eigenvalue weighted by Gasteiger charge is 2.31. The van der Waals surface area contributed by atoms with E-state index >= 15 is 0 Å². The Balaban J connectivity index is 0.00000456. The number of carbonyl (C=O) groups is 2. The van der Waals surface area contributed by atoms with Crippen molar-refractivity contribution in [2.24, 2.45) is 0 Å². The SMILES string of the molecule is O=C(C[n+]1cccc(CNC(=O)c2ccc(OC(F)F)cc2)c1)Nc1cc(C(F)(F)F)ccc1Cl.[Cl-]. The van der Waals surface area contributed by atoms with E-state index in [4.69, 9.17) is 11.6 Å². The molecule has 2 aromatic carbocycles. The number of rotatable bonds is 8. The summed E-state index contributed by atoms with van der Waals surface area (Å²) in [5.41, 5.74) is -0.254. The Labute approximate surface area is 213 Å². The van der Waals surface area contributed by atoms with Crippen molar-refractivity contribution < 1.29 is 53.3 Å². The molecular formula is C23H18Cl2F5N3O3. The van der Waals surface area contributed by atoms with Gasteiger partial charge in [-0.05, 0) is 48.5 Å². The van der Waals surface area contributed by atoms with Gasteiger partial charge in [0, 0.05) is 23.7 Å². The molecule has 0 unspecified atom stereocenters. The van der Waals surface area contributed by atoms with Crippen LogP contribution < -0.4 is 32.3 Å². The minimum absolute atomic E-state index is 0. The average molecular weight is 550 g/mol. The number of hydrogen-bond donors (Lipinski definition) is 2. The average Bonchev–Trinajstić information content (AvgIpc) is 2.78. The third-order valence-electron chi connectivity index (χ3n) is 4.61. The predicted molar refractivity (Wildman–Crippen MR) is 116 cm³/mol. The fraction of sp³-hybridized carbons (Fsp3) is 0.174. The lowest BCUT2D eigenvalue weighted by Crippen LogP contribution is -3.00. The number of ether oxygens (including phenoxy) is 1. The van der Waals surface area contributed by atoms with E-state index in [1.807, 2.05) is 0 Å². The second kappa shape index (κ2) is 12.5. The molecule has 0 bridgehead atoms. The van der Waals surface area contributed by atoms with Crippen molar-refractivity contribution in [3.05, 3.63) is 88.7 Å². The topological polar surface area (TPSA) is 71.3 Å². The number of nitrogens with one attached hydrogen (secondary N) is 2. The molecule has 0 aliphatic heterocycles. The van der Waals surface area contributed by atoms with Crippen molar-refractivity contribution in [2.45, 2.75) is 25.9 Å². The number of carbonyl (C=O) groups excluding carboxylic acids is 2. The number of alkyl halides is 5.